The Hall–Kier alpha value is -1.92. The molecule has 25 heavy (non-hydrogen) atoms. The van der Waals surface area contributed by atoms with Crippen LogP contribution in [0.25, 0.3) is 11.4 Å². The van der Waals surface area contributed by atoms with Crippen molar-refractivity contribution in [3.8, 4) is 11.4 Å². The number of rotatable bonds is 6. The van der Waals surface area contributed by atoms with E-state index in [-0.39, 0.29) is 24.4 Å². The molecular weight excluding hydrogens is 340 g/mol. The Balaban J connectivity index is 0.00000225. The Kier molecular flexibility index (Phi) is 6.96. The molecule has 6 nitrogen and oxygen atoms in total. The second kappa shape index (κ2) is 8.97. The summed E-state index contributed by atoms with van der Waals surface area (Å²) in [5, 5.41) is 10.3. The quantitative estimate of drug-likeness (QED) is 0.823. The van der Waals surface area contributed by atoms with E-state index >= 15 is 0 Å². The average molecular weight is 365 g/mol. The van der Waals surface area contributed by atoms with Crippen molar-refractivity contribution in [2.45, 2.75) is 45.1 Å². The highest BCUT2D eigenvalue weighted by Crippen LogP contribution is 2.20. The Morgan fingerprint density at radius 1 is 1.36 bits per heavy atom. The van der Waals surface area contributed by atoms with Crippen molar-refractivity contribution in [3.63, 3.8) is 0 Å². The highest BCUT2D eigenvalue weighted by atomic mass is 35.5. The van der Waals surface area contributed by atoms with Crippen LogP contribution in [0.3, 0.4) is 0 Å². The van der Waals surface area contributed by atoms with E-state index in [4.69, 9.17) is 4.52 Å². The lowest BCUT2D eigenvalue weighted by Crippen LogP contribution is -2.36. The minimum atomic E-state index is 0. The first kappa shape index (κ1) is 19.4. The zero-order valence-electron chi connectivity index (χ0n) is 14.6. The molecule has 2 aromatic rings. The van der Waals surface area contributed by atoms with Gasteiger partial charge >= 0.3 is 0 Å². The standard InChI is InChI=1S/C18H24N4O2.ClH/c1-12(2)13-3-5-14(6-4-13)18-21-17(24-22-18)8-7-16(23)20-15-9-10-19-11-15;/h3-6,12,15,19H,7-11H2,1-2H3,(H,20,23);1H. The number of nitrogens with zero attached hydrogens (tertiary/aromatic N) is 2. The fourth-order valence-corrected chi connectivity index (χ4v) is 2.79. The van der Waals surface area contributed by atoms with Gasteiger partial charge < -0.3 is 15.2 Å². The van der Waals surface area contributed by atoms with Gasteiger partial charge in [-0.1, -0.05) is 43.3 Å². The van der Waals surface area contributed by atoms with Crippen LogP contribution in [-0.4, -0.2) is 35.2 Å². The maximum Gasteiger partial charge on any atom is 0.227 e. The predicted octanol–water partition coefficient (Wildman–Crippen LogP) is 2.69. The molecule has 1 saturated heterocycles. The SMILES string of the molecule is CC(C)c1ccc(-c2noc(CCC(=O)NC3CCNC3)n2)cc1.Cl. The van der Waals surface area contributed by atoms with Gasteiger partial charge in [0.25, 0.3) is 0 Å². The first-order valence-corrected chi connectivity index (χ1v) is 8.55. The summed E-state index contributed by atoms with van der Waals surface area (Å²) < 4.78 is 5.26. The van der Waals surface area contributed by atoms with Crippen LogP contribution in [0.2, 0.25) is 0 Å². The molecule has 7 heteroatoms. The minimum absolute atomic E-state index is 0. The molecule has 0 spiro atoms. The molecule has 1 unspecified atom stereocenters. The van der Waals surface area contributed by atoms with Gasteiger partial charge in [0.05, 0.1) is 0 Å². The fourth-order valence-electron chi connectivity index (χ4n) is 2.79. The van der Waals surface area contributed by atoms with E-state index in [9.17, 15) is 4.79 Å². The second-order valence-corrected chi connectivity index (χ2v) is 6.55. The van der Waals surface area contributed by atoms with E-state index in [1.807, 2.05) is 12.1 Å². The van der Waals surface area contributed by atoms with Crippen molar-refractivity contribution in [1.82, 2.24) is 20.8 Å². The van der Waals surface area contributed by atoms with Gasteiger partial charge in [-0.2, -0.15) is 4.98 Å². The number of carbonyl (C=O) groups is 1. The largest absolute Gasteiger partial charge is 0.352 e. The van der Waals surface area contributed by atoms with E-state index in [0.717, 1.165) is 25.1 Å². The summed E-state index contributed by atoms with van der Waals surface area (Å²) in [6.45, 7) is 6.14. The molecule has 136 valence electrons. The van der Waals surface area contributed by atoms with Crippen molar-refractivity contribution < 1.29 is 9.32 Å². The highest BCUT2D eigenvalue weighted by molar-refractivity contribution is 5.85. The summed E-state index contributed by atoms with van der Waals surface area (Å²) >= 11 is 0. The van der Waals surface area contributed by atoms with Crippen LogP contribution in [-0.2, 0) is 11.2 Å². The third kappa shape index (κ3) is 5.28. The van der Waals surface area contributed by atoms with Crippen molar-refractivity contribution in [2.24, 2.45) is 0 Å². The van der Waals surface area contributed by atoms with Gasteiger partial charge in [0.1, 0.15) is 0 Å². The number of hydrogen-bond acceptors (Lipinski definition) is 5. The maximum atomic E-state index is 11.9. The van der Waals surface area contributed by atoms with E-state index in [1.165, 1.54) is 5.56 Å². The van der Waals surface area contributed by atoms with Gasteiger partial charge in [0.2, 0.25) is 17.6 Å². The van der Waals surface area contributed by atoms with Crippen LogP contribution >= 0.6 is 12.4 Å². The number of amides is 1. The summed E-state index contributed by atoms with van der Waals surface area (Å²) in [7, 11) is 0. The van der Waals surface area contributed by atoms with Crippen LogP contribution < -0.4 is 10.6 Å². The van der Waals surface area contributed by atoms with E-state index in [1.54, 1.807) is 0 Å². The topological polar surface area (TPSA) is 80.0 Å². The van der Waals surface area contributed by atoms with Crippen LogP contribution in [0.1, 0.15) is 44.1 Å². The molecule has 1 atom stereocenters. The molecule has 2 heterocycles. The molecule has 3 rings (SSSR count). The molecular formula is C18H25ClN4O2. The molecule has 0 radical (unpaired) electrons. The van der Waals surface area contributed by atoms with Gasteiger partial charge in [-0.05, 0) is 24.4 Å². The van der Waals surface area contributed by atoms with E-state index < -0.39 is 0 Å². The van der Waals surface area contributed by atoms with Crippen LogP contribution in [0, 0.1) is 0 Å². The summed E-state index contributed by atoms with van der Waals surface area (Å²) in [5.74, 6) is 1.59. The Labute approximate surface area is 154 Å². The number of hydrogen-bond donors (Lipinski definition) is 2. The Morgan fingerprint density at radius 2 is 2.12 bits per heavy atom. The zero-order chi connectivity index (χ0) is 16.9. The van der Waals surface area contributed by atoms with Crippen molar-refractivity contribution in [3.05, 3.63) is 35.7 Å². The molecule has 1 aromatic carbocycles. The molecule has 1 aliphatic heterocycles. The van der Waals surface area contributed by atoms with Crippen LogP contribution in [0.15, 0.2) is 28.8 Å². The lowest BCUT2D eigenvalue weighted by molar-refractivity contribution is -0.121. The number of halogens is 1. The first-order chi connectivity index (χ1) is 11.6. The minimum Gasteiger partial charge on any atom is -0.352 e. The molecule has 1 amide bonds. The maximum absolute atomic E-state index is 11.9. The fraction of sp³-hybridized carbons (Fsp3) is 0.500. The van der Waals surface area contributed by atoms with E-state index in [2.05, 4.69) is 46.8 Å². The van der Waals surface area contributed by atoms with Crippen LogP contribution in [0.4, 0.5) is 0 Å². The van der Waals surface area contributed by atoms with Gasteiger partial charge in [-0.15, -0.1) is 12.4 Å². The van der Waals surface area contributed by atoms with Gasteiger partial charge in [0.15, 0.2) is 0 Å². The predicted molar refractivity (Wildman–Crippen MR) is 98.8 cm³/mol. The van der Waals surface area contributed by atoms with Crippen LogP contribution in [0.5, 0.6) is 0 Å². The zero-order valence-corrected chi connectivity index (χ0v) is 15.4. The van der Waals surface area contributed by atoms with Gasteiger partial charge in [-0.3, -0.25) is 4.79 Å². The lowest BCUT2D eigenvalue weighted by Gasteiger charge is -2.10. The number of nitrogens with one attached hydrogen (secondary N) is 2. The number of aromatic nitrogens is 2. The first-order valence-electron chi connectivity index (χ1n) is 8.55. The summed E-state index contributed by atoms with van der Waals surface area (Å²) in [6, 6.07) is 8.42. The molecule has 1 fully saturated rings. The van der Waals surface area contributed by atoms with Crippen molar-refractivity contribution >= 4 is 18.3 Å². The Morgan fingerprint density at radius 3 is 2.76 bits per heavy atom. The normalized spacial score (nSPS) is 16.7. The summed E-state index contributed by atoms with van der Waals surface area (Å²) in [6.07, 6.45) is 1.82. The van der Waals surface area contributed by atoms with Crippen molar-refractivity contribution in [2.75, 3.05) is 13.1 Å². The number of carbonyl (C=O) groups excluding carboxylic acids is 1. The third-order valence-electron chi connectivity index (χ3n) is 4.29. The Bertz CT molecular complexity index is 679. The number of aryl methyl sites for hydroxylation is 1. The van der Waals surface area contributed by atoms with Gasteiger partial charge in [-0.25, -0.2) is 0 Å². The summed E-state index contributed by atoms with van der Waals surface area (Å²) in [5.41, 5.74) is 2.21. The van der Waals surface area contributed by atoms with Crippen molar-refractivity contribution in [1.29, 1.82) is 0 Å². The highest BCUT2D eigenvalue weighted by Gasteiger charge is 2.17. The molecule has 0 saturated carbocycles. The van der Waals surface area contributed by atoms with Gasteiger partial charge in [0, 0.05) is 31.0 Å². The second-order valence-electron chi connectivity index (χ2n) is 6.55. The summed E-state index contributed by atoms with van der Waals surface area (Å²) in [4.78, 5) is 16.3. The number of benzene rings is 1. The molecule has 0 bridgehead atoms. The lowest BCUT2D eigenvalue weighted by atomic mass is 10.0. The average Bonchev–Trinajstić information content (AvgIpc) is 3.24. The van der Waals surface area contributed by atoms with E-state index in [0.29, 0.717) is 30.5 Å². The molecule has 2 N–H and O–H groups in total. The smallest absolute Gasteiger partial charge is 0.227 e. The molecule has 1 aromatic heterocycles. The third-order valence-corrected chi connectivity index (χ3v) is 4.29. The molecule has 1 aliphatic rings. The molecule has 0 aliphatic carbocycles. The monoisotopic (exact) mass is 364 g/mol.